The predicted molar refractivity (Wildman–Crippen MR) is 63.8 cm³/mol. The van der Waals surface area contributed by atoms with Gasteiger partial charge in [0.25, 0.3) is 5.91 Å². The molecule has 1 aliphatic rings. The van der Waals surface area contributed by atoms with Gasteiger partial charge >= 0.3 is 0 Å². The van der Waals surface area contributed by atoms with Gasteiger partial charge in [0.15, 0.2) is 0 Å². The monoisotopic (exact) mass is 333 g/mol. The van der Waals surface area contributed by atoms with Crippen LogP contribution in [0.1, 0.15) is 10.4 Å². The highest BCUT2D eigenvalue weighted by atomic mass is 79.9. The molecule has 80 valence electrons. The maximum Gasteiger partial charge on any atom is 0.255 e. The van der Waals surface area contributed by atoms with Crippen LogP contribution in [0.5, 0.6) is 0 Å². The third-order valence-corrected chi connectivity index (χ3v) is 3.49. The van der Waals surface area contributed by atoms with Gasteiger partial charge < -0.3 is 10.0 Å². The van der Waals surface area contributed by atoms with Crippen LogP contribution in [0.4, 0.5) is 0 Å². The number of rotatable bonds is 1. The average molecular weight is 335 g/mol. The Hall–Kier alpha value is -0.390. The lowest BCUT2D eigenvalue weighted by molar-refractivity contribution is 0.00583. The smallest absolute Gasteiger partial charge is 0.255 e. The van der Waals surface area contributed by atoms with Gasteiger partial charge in [0, 0.05) is 22.0 Å². The Bertz CT molecular complexity index is 402. The molecule has 3 nitrogen and oxygen atoms in total. The molecule has 1 aromatic rings. The van der Waals surface area contributed by atoms with Crippen molar-refractivity contribution in [1.82, 2.24) is 4.90 Å². The first-order valence-electron chi connectivity index (χ1n) is 4.50. The van der Waals surface area contributed by atoms with Gasteiger partial charge in [-0.1, -0.05) is 15.9 Å². The Morgan fingerprint density at radius 3 is 2.67 bits per heavy atom. The number of aliphatic hydroxyl groups is 1. The maximum absolute atomic E-state index is 11.9. The predicted octanol–water partition coefficient (Wildman–Crippen LogP) is 2.03. The molecule has 15 heavy (non-hydrogen) atoms. The standard InChI is InChI=1S/C10H9Br2NO2/c11-6-1-2-9(12)8(3-6)10(15)13-4-7(14)5-13/h1-3,7,14H,4-5H2. The average Bonchev–Trinajstić information content (AvgIpc) is 2.16. The van der Waals surface area contributed by atoms with E-state index in [1.54, 1.807) is 11.0 Å². The number of carbonyl (C=O) groups excluding carboxylic acids is 1. The molecule has 1 fully saturated rings. The number of benzene rings is 1. The Labute approximate surface area is 104 Å². The maximum atomic E-state index is 11.9. The van der Waals surface area contributed by atoms with Crippen LogP contribution in [0.3, 0.4) is 0 Å². The second kappa shape index (κ2) is 4.23. The highest BCUT2D eigenvalue weighted by molar-refractivity contribution is 9.11. The molecule has 1 amide bonds. The summed E-state index contributed by atoms with van der Waals surface area (Å²) in [6.07, 6.45) is -0.361. The molecule has 5 heteroatoms. The molecular formula is C10H9Br2NO2. The lowest BCUT2D eigenvalue weighted by Crippen LogP contribution is -2.53. The van der Waals surface area contributed by atoms with Gasteiger partial charge in [0.1, 0.15) is 0 Å². The molecule has 0 saturated carbocycles. The van der Waals surface area contributed by atoms with Crippen molar-refractivity contribution < 1.29 is 9.90 Å². The second-order valence-electron chi connectivity index (χ2n) is 3.49. The summed E-state index contributed by atoms with van der Waals surface area (Å²) < 4.78 is 1.65. The van der Waals surface area contributed by atoms with E-state index in [1.807, 2.05) is 12.1 Å². The second-order valence-corrected chi connectivity index (χ2v) is 5.26. The SMILES string of the molecule is O=C(c1cc(Br)ccc1Br)N1CC(O)C1. The molecule has 1 heterocycles. The first-order valence-corrected chi connectivity index (χ1v) is 6.09. The summed E-state index contributed by atoms with van der Waals surface area (Å²) in [6.45, 7) is 0.857. The Morgan fingerprint density at radius 1 is 1.40 bits per heavy atom. The van der Waals surface area contributed by atoms with Crippen molar-refractivity contribution in [3.8, 4) is 0 Å². The molecule has 0 spiro atoms. The van der Waals surface area contributed by atoms with Crippen LogP contribution in [0.2, 0.25) is 0 Å². The third kappa shape index (κ3) is 2.24. The van der Waals surface area contributed by atoms with Gasteiger partial charge in [-0.15, -0.1) is 0 Å². The van der Waals surface area contributed by atoms with Gasteiger partial charge in [-0.2, -0.15) is 0 Å². The van der Waals surface area contributed by atoms with Gasteiger partial charge in [0.05, 0.1) is 11.7 Å². The Kier molecular flexibility index (Phi) is 3.13. The zero-order chi connectivity index (χ0) is 11.0. The minimum Gasteiger partial charge on any atom is -0.389 e. The highest BCUT2D eigenvalue weighted by Crippen LogP contribution is 2.24. The lowest BCUT2D eigenvalue weighted by atomic mass is 10.1. The lowest BCUT2D eigenvalue weighted by Gasteiger charge is -2.36. The van der Waals surface area contributed by atoms with Crippen molar-refractivity contribution in [3.63, 3.8) is 0 Å². The number of nitrogens with zero attached hydrogens (tertiary/aromatic N) is 1. The number of halogens is 2. The van der Waals surface area contributed by atoms with Gasteiger partial charge in [-0.25, -0.2) is 0 Å². The number of hydrogen-bond donors (Lipinski definition) is 1. The van der Waals surface area contributed by atoms with E-state index in [1.165, 1.54) is 0 Å². The van der Waals surface area contributed by atoms with Crippen molar-refractivity contribution >= 4 is 37.8 Å². The number of likely N-dealkylation sites (tertiary alicyclic amines) is 1. The molecule has 0 aromatic heterocycles. The molecule has 0 atom stereocenters. The summed E-state index contributed by atoms with van der Waals surface area (Å²) >= 11 is 6.66. The number of aliphatic hydroxyl groups excluding tert-OH is 1. The van der Waals surface area contributed by atoms with E-state index in [0.29, 0.717) is 18.7 Å². The van der Waals surface area contributed by atoms with Crippen LogP contribution < -0.4 is 0 Å². The van der Waals surface area contributed by atoms with Gasteiger partial charge in [-0.05, 0) is 34.1 Å². The Morgan fingerprint density at radius 2 is 2.07 bits per heavy atom. The van der Waals surface area contributed by atoms with Crippen LogP contribution >= 0.6 is 31.9 Å². The summed E-state index contributed by atoms with van der Waals surface area (Å²) in [4.78, 5) is 13.5. The van der Waals surface area contributed by atoms with Crippen LogP contribution in [0, 0.1) is 0 Å². The first kappa shape index (κ1) is 11.1. The van der Waals surface area contributed by atoms with E-state index in [2.05, 4.69) is 31.9 Å². The molecule has 1 N–H and O–H groups in total. The molecule has 0 aliphatic carbocycles. The molecule has 2 rings (SSSR count). The molecule has 0 unspecified atom stereocenters. The molecule has 1 aromatic carbocycles. The number of hydrogen-bond acceptors (Lipinski definition) is 2. The van der Waals surface area contributed by atoms with Crippen molar-refractivity contribution in [3.05, 3.63) is 32.7 Å². The molecule has 1 aliphatic heterocycles. The van der Waals surface area contributed by atoms with Gasteiger partial charge in [-0.3, -0.25) is 4.79 Å². The fourth-order valence-electron chi connectivity index (χ4n) is 1.45. The van der Waals surface area contributed by atoms with Gasteiger partial charge in [0.2, 0.25) is 0 Å². The van der Waals surface area contributed by atoms with Crippen molar-refractivity contribution in [2.75, 3.05) is 13.1 Å². The summed E-state index contributed by atoms with van der Waals surface area (Å²) in [5, 5.41) is 9.12. The molecule has 0 radical (unpaired) electrons. The topological polar surface area (TPSA) is 40.5 Å². The summed E-state index contributed by atoms with van der Waals surface area (Å²) in [7, 11) is 0. The van der Waals surface area contributed by atoms with Crippen molar-refractivity contribution in [2.24, 2.45) is 0 Å². The van der Waals surface area contributed by atoms with E-state index in [9.17, 15) is 4.79 Å². The third-order valence-electron chi connectivity index (χ3n) is 2.31. The van der Waals surface area contributed by atoms with Crippen LogP contribution in [-0.2, 0) is 0 Å². The molecule has 0 bridgehead atoms. The minimum atomic E-state index is -0.361. The zero-order valence-corrected chi connectivity index (χ0v) is 11.0. The fraction of sp³-hybridized carbons (Fsp3) is 0.300. The fourth-order valence-corrected chi connectivity index (χ4v) is 2.23. The van der Waals surface area contributed by atoms with E-state index in [4.69, 9.17) is 5.11 Å². The van der Waals surface area contributed by atoms with E-state index in [-0.39, 0.29) is 12.0 Å². The van der Waals surface area contributed by atoms with Crippen LogP contribution in [0.15, 0.2) is 27.1 Å². The van der Waals surface area contributed by atoms with Crippen molar-refractivity contribution in [1.29, 1.82) is 0 Å². The summed E-state index contributed by atoms with van der Waals surface area (Å²) in [5.41, 5.74) is 0.622. The summed E-state index contributed by atoms with van der Waals surface area (Å²) in [6, 6.07) is 5.47. The number of carbonyl (C=O) groups is 1. The van der Waals surface area contributed by atoms with E-state index >= 15 is 0 Å². The molecular weight excluding hydrogens is 326 g/mol. The van der Waals surface area contributed by atoms with Crippen LogP contribution in [0.25, 0.3) is 0 Å². The quantitative estimate of drug-likeness (QED) is 0.853. The highest BCUT2D eigenvalue weighted by Gasteiger charge is 2.30. The van der Waals surface area contributed by atoms with E-state index < -0.39 is 0 Å². The number of β-amino-alcohol motifs (C(OH)–C–C–N with tert-alkyl or cyclic N) is 1. The number of amides is 1. The van der Waals surface area contributed by atoms with Crippen molar-refractivity contribution in [2.45, 2.75) is 6.10 Å². The zero-order valence-electron chi connectivity index (χ0n) is 7.78. The van der Waals surface area contributed by atoms with Crippen LogP contribution in [-0.4, -0.2) is 35.1 Å². The largest absolute Gasteiger partial charge is 0.389 e. The minimum absolute atomic E-state index is 0.0477. The normalized spacial score (nSPS) is 16.3. The Balaban J connectivity index is 2.22. The summed E-state index contributed by atoms with van der Waals surface area (Å²) in [5.74, 6) is -0.0477. The molecule has 1 saturated heterocycles. The first-order chi connectivity index (χ1) is 7.08. The van der Waals surface area contributed by atoms with E-state index in [0.717, 1.165) is 8.95 Å².